The molecular formula is C20H26ClNO. The number of hydrogen-bond donors (Lipinski definition) is 1. The highest BCUT2D eigenvalue weighted by Crippen LogP contribution is 2.19. The van der Waals surface area contributed by atoms with Crippen LogP contribution in [0.3, 0.4) is 0 Å². The first-order valence-electron chi connectivity index (χ1n) is 8.32. The lowest BCUT2D eigenvalue weighted by atomic mass is 10.0. The number of methoxy groups -OCH3 is 1. The van der Waals surface area contributed by atoms with Crippen molar-refractivity contribution in [2.24, 2.45) is 0 Å². The van der Waals surface area contributed by atoms with Crippen molar-refractivity contribution in [1.82, 2.24) is 5.32 Å². The summed E-state index contributed by atoms with van der Waals surface area (Å²) in [5.74, 6) is 0.896. The van der Waals surface area contributed by atoms with Crippen LogP contribution >= 0.6 is 11.6 Å². The van der Waals surface area contributed by atoms with Crippen LogP contribution in [0.1, 0.15) is 37.3 Å². The fourth-order valence-electron chi connectivity index (χ4n) is 2.66. The monoisotopic (exact) mass is 331 g/mol. The zero-order valence-electron chi connectivity index (χ0n) is 14.0. The van der Waals surface area contributed by atoms with Crippen molar-refractivity contribution in [2.75, 3.05) is 7.11 Å². The number of unbranched alkanes of at least 4 members (excludes halogenated alkanes) is 1. The second-order valence-corrected chi connectivity index (χ2v) is 6.27. The zero-order chi connectivity index (χ0) is 16.5. The number of rotatable bonds is 9. The van der Waals surface area contributed by atoms with E-state index in [1.54, 1.807) is 7.11 Å². The van der Waals surface area contributed by atoms with E-state index in [1.165, 1.54) is 24.0 Å². The van der Waals surface area contributed by atoms with E-state index in [0.29, 0.717) is 6.04 Å². The summed E-state index contributed by atoms with van der Waals surface area (Å²) in [7, 11) is 1.69. The van der Waals surface area contributed by atoms with Gasteiger partial charge in [0.15, 0.2) is 0 Å². The maximum Gasteiger partial charge on any atom is 0.118 e. The molecule has 0 saturated carbocycles. The van der Waals surface area contributed by atoms with Crippen molar-refractivity contribution in [3.63, 3.8) is 0 Å². The van der Waals surface area contributed by atoms with Gasteiger partial charge in [0.25, 0.3) is 0 Å². The Balaban J connectivity index is 1.96. The number of hydrogen-bond acceptors (Lipinski definition) is 2. The van der Waals surface area contributed by atoms with Crippen LogP contribution in [0.4, 0.5) is 0 Å². The third-order valence-corrected chi connectivity index (χ3v) is 4.45. The van der Waals surface area contributed by atoms with E-state index >= 15 is 0 Å². The summed E-state index contributed by atoms with van der Waals surface area (Å²) in [6.07, 6.45) is 4.57. The van der Waals surface area contributed by atoms with Crippen LogP contribution in [0, 0.1) is 0 Å². The average Bonchev–Trinajstić information content (AvgIpc) is 2.59. The fraction of sp³-hybridized carbons (Fsp3) is 0.400. The molecule has 2 nitrogen and oxygen atoms in total. The van der Waals surface area contributed by atoms with Crippen molar-refractivity contribution < 1.29 is 4.74 Å². The highest BCUT2D eigenvalue weighted by Gasteiger charge is 2.11. The van der Waals surface area contributed by atoms with E-state index in [4.69, 9.17) is 16.3 Å². The summed E-state index contributed by atoms with van der Waals surface area (Å²) < 4.78 is 5.20. The Labute approximate surface area is 144 Å². The van der Waals surface area contributed by atoms with E-state index in [-0.39, 0.29) is 0 Å². The molecule has 0 aromatic heterocycles. The van der Waals surface area contributed by atoms with E-state index in [2.05, 4.69) is 36.5 Å². The van der Waals surface area contributed by atoms with Crippen LogP contribution < -0.4 is 10.1 Å². The molecule has 1 unspecified atom stereocenters. The maximum absolute atomic E-state index is 6.31. The molecule has 2 aromatic carbocycles. The number of ether oxygens (including phenoxy) is 1. The predicted molar refractivity (Wildman–Crippen MR) is 98.3 cm³/mol. The first kappa shape index (κ1) is 17.8. The molecular weight excluding hydrogens is 306 g/mol. The first-order chi connectivity index (χ1) is 11.2. The maximum atomic E-state index is 6.31. The van der Waals surface area contributed by atoms with Gasteiger partial charge in [0.05, 0.1) is 7.11 Å². The Bertz CT molecular complexity index is 582. The summed E-state index contributed by atoms with van der Waals surface area (Å²) in [6.45, 7) is 3.10. The minimum Gasteiger partial charge on any atom is -0.497 e. The molecule has 0 fully saturated rings. The van der Waals surface area contributed by atoms with Crippen LogP contribution in [0.5, 0.6) is 5.75 Å². The van der Waals surface area contributed by atoms with Crippen molar-refractivity contribution in [3.05, 3.63) is 64.7 Å². The number of benzene rings is 2. The molecule has 0 bridgehead atoms. The Morgan fingerprint density at radius 2 is 1.83 bits per heavy atom. The van der Waals surface area contributed by atoms with Gasteiger partial charge in [-0.2, -0.15) is 0 Å². The summed E-state index contributed by atoms with van der Waals surface area (Å²) in [5.41, 5.74) is 2.49. The molecule has 0 heterocycles. The van der Waals surface area contributed by atoms with Gasteiger partial charge in [-0.3, -0.25) is 0 Å². The Morgan fingerprint density at radius 3 is 2.48 bits per heavy atom. The lowest BCUT2D eigenvalue weighted by Gasteiger charge is -2.19. The van der Waals surface area contributed by atoms with E-state index in [0.717, 1.165) is 30.2 Å². The van der Waals surface area contributed by atoms with Crippen molar-refractivity contribution in [2.45, 2.75) is 45.2 Å². The molecule has 1 atom stereocenters. The molecule has 2 aromatic rings. The van der Waals surface area contributed by atoms with Crippen LogP contribution in [0.25, 0.3) is 0 Å². The molecule has 2 rings (SSSR count). The zero-order valence-corrected chi connectivity index (χ0v) is 14.8. The van der Waals surface area contributed by atoms with Gasteiger partial charge in [-0.05, 0) is 42.2 Å². The Kier molecular flexibility index (Phi) is 7.44. The average molecular weight is 332 g/mol. The molecule has 0 saturated heterocycles. The molecule has 3 heteroatoms. The number of halogens is 1. The van der Waals surface area contributed by atoms with Gasteiger partial charge in [-0.1, -0.05) is 61.7 Å². The molecule has 1 N–H and O–H groups in total. The minimum atomic E-state index is 0.442. The van der Waals surface area contributed by atoms with Crippen LogP contribution in [0.2, 0.25) is 5.02 Å². The highest BCUT2D eigenvalue weighted by molar-refractivity contribution is 6.31. The molecule has 0 aliphatic heterocycles. The van der Waals surface area contributed by atoms with Crippen LogP contribution in [-0.2, 0) is 13.0 Å². The fourth-order valence-corrected chi connectivity index (χ4v) is 2.87. The minimum absolute atomic E-state index is 0.442. The molecule has 0 aliphatic carbocycles. The van der Waals surface area contributed by atoms with E-state index < -0.39 is 0 Å². The van der Waals surface area contributed by atoms with E-state index in [1.807, 2.05) is 24.3 Å². The quantitative estimate of drug-likeness (QED) is 0.678. The Hall–Kier alpha value is -1.51. The second-order valence-electron chi connectivity index (χ2n) is 5.86. The van der Waals surface area contributed by atoms with Crippen molar-refractivity contribution in [3.8, 4) is 5.75 Å². The normalized spacial score (nSPS) is 12.1. The van der Waals surface area contributed by atoms with E-state index in [9.17, 15) is 0 Å². The molecule has 124 valence electrons. The smallest absolute Gasteiger partial charge is 0.118 e. The van der Waals surface area contributed by atoms with Gasteiger partial charge in [0.2, 0.25) is 0 Å². The van der Waals surface area contributed by atoms with Crippen LogP contribution in [0.15, 0.2) is 48.5 Å². The van der Waals surface area contributed by atoms with Crippen molar-refractivity contribution >= 4 is 11.6 Å². The standard InChI is InChI=1S/C20H26ClNO/c1-3-4-8-18(14-17-7-5-6-9-20(17)21)22-15-16-10-12-19(23-2)13-11-16/h5-7,9-13,18,22H,3-4,8,14-15H2,1-2H3. The lowest BCUT2D eigenvalue weighted by Crippen LogP contribution is -2.30. The third-order valence-electron chi connectivity index (χ3n) is 4.08. The van der Waals surface area contributed by atoms with Gasteiger partial charge < -0.3 is 10.1 Å². The summed E-state index contributed by atoms with van der Waals surface area (Å²) in [4.78, 5) is 0. The van der Waals surface area contributed by atoms with Crippen molar-refractivity contribution in [1.29, 1.82) is 0 Å². The largest absolute Gasteiger partial charge is 0.497 e. The summed E-state index contributed by atoms with van der Waals surface area (Å²) in [5, 5.41) is 4.55. The highest BCUT2D eigenvalue weighted by atomic mass is 35.5. The van der Waals surface area contributed by atoms with Gasteiger partial charge >= 0.3 is 0 Å². The number of nitrogens with one attached hydrogen (secondary N) is 1. The first-order valence-corrected chi connectivity index (χ1v) is 8.70. The summed E-state index contributed by atoms with van der Waals surface area (Å²) >= 11 is 6.31. The van der Waals surface area contributed by atoms with Gasteiger partial charge in [0.1, 0.15) is 5.75 Å². The van der Waals surface area contributed by atoms with Gasteiger partial charge in [-0.25, -0.2) is 0 Å². The van der Waals surface area contributed by atoms with Gasteiger partial charge in [-0.15, -0.1) is 0 Å². The Morgan fingerprint density at radius 1 is 1.09 bits per heavy atom. The molecule has 0 radical (unpaired) electrons. The molecule has 23 heavy (non-hydrogen) atoms. The lowest BCUT2D eigenvalue weighted by molar-refractivity contribution is 0.414. The topological polar surface area (TPSA) is 21.3 Å². The third kappa shape index (κ3) is 5.89. The summed E-state index contributed by atoms with van der Waals surface area (Å²) in [6, 6.07) is 16.8. The molecule has 0 amide bonds. The molecule has 0 aliphatic rings. The SMILES string of the molecule is CCCCC(Cc1ccccc1Cl)NCc1ccc(OC)cc1. The predicted octanol–water partition coefficient (Wildman–Crippen LogP) is 5.24. The second kappa shape index (κ2) is 9.59. The van der Waals surface area contributed by atoms with Gasteiger partial charge in [0, 0.05) is 17.6 Å². The van der Waals surface area contributed by atoms with Crippen LogP contribution in [-0.4, -0.2) is 13.2 Å². The molecule has 0 spiro atoms.